The lowest BCUT2D eigenvalue weighted by atomic mass is 9.89. The van der Waals surface area contributed by atoms with Gasteiger partial charge in [0, 0.05) is 44.1 Å². The van der Waals surface area contributed by atoms with Gasteiger partial charge in [-0.1, -0.05) is 0 Å². The molecule has 0 amide bonds. The predicted octanol–water partition coefficient (Wildman–Crippen LogP) is 2.26. The maximum atomic E-state index is 12.1. The number of rotatable bonds is 5. The number of sulfonamides is 1. The lowest BCUT2D eigenvalue weighted by Gasteiger charge is -2.47. The van der Waals surface area contributed by atoms with E-state index in [9.17, 15) is 13.7 Å². The highest BCUT2D eigenvalue weighted by molar-refractivity contribution is 7.89. The Bertz CT molecular complexity index is 1150. The third-order valence-electron chi connectivity index (χ3n) is 5.24. The molecule has 0 bridgehead atoms. The highest BCUT2D eigenvalue weighted by atomic mass is 32.2. The van der Waals surface area contributed by atoms with Gasteiger partial charge < -0.3 is 4.98 Å². The van der Waals surface area contributed by atoms with Crippen LogP contribution in [0, 0.1) is 18.3 Å². The number of aromatic amines is 1. The molecule has 1 aliphatic rings. The maximum Gasteiger partial charge on any atom is 0.213 e. The van der Waals surface area contributed by atoms with Gasteiger partial charge in [-0.3, -0.25) is 4.68 Å². The molecule has 0 radical (unpaired) electrons. The first-order chi connectivity index (χ1) is 12.9. The van der Waals surface area contributed by atoms with Crippen LogP contribution in [0.5, 0.6) is 0 Å². The zero-order valence-electron chi connectivity index (χ0n) is 15.2. The van der Waals surface area contributed by atoms with E-state index in [0.717, 1.165) is 27.9 Å². The summed E-state index contributed by atoms with van der Waals surface area (Å²) in [6, 6.07) is 6.11. The first kappa shape index (κ1) is 17.7. The molecule has 27 heavy (non-hydrogen) atoms. The summed E-state index contributed by atoms with van der Waals surface area (Å²) in [6.07, 6.45) is 5.72. The van der Waals surface area contributed by atoms with E-state index in [0.29, 0.717) is 0 Å². The van der Waals surface area contributed by atoms with Crippen LogP contribution >= 0.6 is 0 Å². The van der Waals surface area contributed by atoms with Crippen LogP contribution < -0.4 is 0 Å². The van der Waals surface area contributed by atoms with Gasteiger partial charge in [0.05, 0.1) is 23.9 Å². The Balaban J connectivity index is 0.00000225. The van der Waals surface area contributed by atoms with Crippen LogP contribution in [0.25, 0.3) is 22.2 Å². The molecule has 4 rings (SSSR count). The number of H-pyrrole nitrogens is 1. The Kier molecular flexibility index (Phi) is 4.05. The molecule has 1 saturated heterocycles. The van der Waals surface area contributed by atoms with E-state index in [-0.39, 0.29) is 26.7 Å². The van der Waals surface area contributed by atoms with Crippen LogP contribution in [0.1, 0.15) is 20.5 Å². The van der Waals surface area contributed by atoms with Crippen LogP contribution in [0.4, 0.5) is 0 Å². The van der Waals surface area contributed by atoms with E-state index in [1.54, 1.807) is 17.8 Å². The molecule has 3 aromatic heterocycles. The fraction of sp³-hybridized carbons (Fsp3) is 0.389. The van der Waals surface area contributed by atoms with Crippen LogP contribution in [0.3, 0.4) is 0 Å². The standard InChI is InChI=1S/C18H20N6O2S.H2/c1-3-27(25,26)23-11-18(12-23,6-7-19)24-10-16(13(2)22-24)14-4-8-20-17-15(14)5-9-21-17;/h4-5,8-10H,3,6,11-12H2,1-2H3,(H,20,21);1H. The van der Waals surface area contributed by atoms with Crippen molar-refractivity contribution in [1.29, 1.82) is 5.26 Å². The number of pyridine rings is 1. The summed E-state index contributed by atoms with van der Waals surface area (Å²) in [6.45, 7) is 4.09. The fourth-order valence-corrected chi connectivity index (χ4v) is 4.88. The second-order valence-corrected chi connectivity index (χ2v) is 9.16. The number of nitrogens with zero attached hydrogens (tertiary/aromatic N) is 5. The van der Waals surface area contributed by atoms with Gasteiger partial charge in [-0.15, -0.1) is 0 Å². The van der Waals surface area contributed by atoms with Crippen LogP contribution in [-0.2, 0) is 15.6 Å². The highest BCUT2D eigenvalue weighted by Gasteiger charge is 2.49. The number of hydrogen-bond donors (Lipinski definition) is 1. The van der Waals surface area contributed by atoms with Crippen LogP contribution in [-0.4, -0.2) is 51.3 Å². The maximum absolute atomic E-state index is 12.1. The molecule has 1 fully saturated rings. The van der Waals surface area contributed by atoms with Crippen molar-refractivity contribution in [2.75, 3.05) is 18.8 Å². The number of aromatic nitrogens is 4. The van der Waals surface area contributed by atoms with Gasteiger partial charge in [0.1, 0.15) is 11.2 Å². The van der Waals surface area contributed by atoms with Crippen molar-refractivity contribution >= 4 is 21.1 Å². The monoisotopic (exact) mass is 386 g/mol. The summed E-state index contributed by atoms with van der Waals surface area (Å²) in [4.78, 5) is 7.42. The largest absolute Gasteiger partial charge is 0.346 e. The Morgan fingerprint density at radius 3 is 2.85 bits per heavy atom. The second kappa shape index (κ2) is 6.18. The zero-order valence-corrected chi connectivity index (χ0v) is 16.0. The summed E-state index contributed by atoms with van der Waals surface area (Å²) < 4.78 is 27.4. The smallest absolute Gasteiger partial charge is 0.213 e. The summed E-state index contributed by atoms with van der Waals surface area (Å²) >= 11 is 0. The Morgan fingerprint density at radius 1 is 1.37 bits per heavy atom. The molecule has 0 atom stereocenters. The zero-order chi connectivity index (χ0) is 19.2. The first-order valence-corrected chi connectivity index (χ1v) is 10.3. The number of nitrogens with one attached hydrogen (secondary N) is 1. The van der Waals surface area contributed by atoms with Crippen molar-refractivity contribution in [2.45, 2.75) is 25.8 Å². The summed E-state index contributed by atoms with van der Waals surface area (Å²) in [7, 11) is -3.27. The average Bonchev–Trinajstić information content (AvgIpc) is 3.24. The van der Waals surface area contributed by atoms with Crippen LogP contribution in [0.2, 0.25) is 0 Å². The van der Waals surface area contributed by atoms with Gasteiger partial charge in [0.15, 0.2) is 0 Å². The van der Waals surface area contributed by atoms with E-state index in [1.807, 2.05) is 31.5 Å². The quantitative estimate of drug-likeness (QED) is 0.723. The van der Waals surface area contributed by atoms with Gasteiger partial charge >= 0.3 is 0 Å². The molecule has 0 spiro atoms. The van der Waals surface area contributed by atoms with Crippen molar-refractivity contribution in [3.63, 3.8) is 0 Å². The lowest BCUT2D eigenvalue weighted by molar-refractivity contribution is 0.0716. The van der Waals surface area contributed by atoms with Crippen molar-refractivity contribution in [1.82, 2.24) is 24.1 Å². The molecule has 9 heteroatoms. The van der Waals surface area contributed by atoms with Gasteiger partial charge in [-0.25, -0.2) is 13.4 Å². The molecule has 0 aliphatic carbocycles. The van der Waals surface area contributed by atoms with E-state index >= 15 is 0 Å². The van der Waals surface area contributed by atoms with E-state index in [2.05, 4.69) is 21.1 Å². The van der Waals surface area contributed by atoms with Crippen molar-refractivity contribution in [3.05, 3.63) is 36.4 Å². The molecule has 4 heterocycles. The topological polar surface area (TPSA) is 108 Å². The number of nitriles is 1. The first-order valence-electron chi connectivity index (χ1n) is 8.74. The second-order valence-electron chi connectivity index (χ2n) is 6.90. The Labute approximate surface area is 159 Å². The number of aryl methyl sites for hydroxylation is 1. The van der Waals surface area contributed by atoms with E-state index in [4.69, 9.17) is 0 Å². The predicted molar refractivity (Wildman–Crippen MR) is 103 cm³/mol. The molecule has 0 saturated carbocycles. The molecule has 3 aromatic rings. The molecular formula is C18H22N6O2S. The van der Waals surface area contributed by atoms with E-state index < -0.39 is 15.6 Å². The van der Waals surface area contributed by atoms with Crippen molar-refractivity contribution in [2.24, 2.45) is 0 Å². The minimum atomic E-state index is -3.27. The van der Waals surface area contributed by atoms with E-state index in [1.165, 1.54) is 4.31 Å². The molecule has 1 aliphatic heterocycles. The third-order valence-corrected chi connectivity index (χ3v) is 7.02. The Hall–Kier alpha value is -2.70. The summed E-state index contributed by atoms with van der Waals surface area (Å²) in [5.41, 5.74) is 2.98. The number of hydrogen-bond acceptors (Lipinski definition) is 5. The fourth-order valence-electron chi connectivity index (χ4n) is 3.64. The third kappa shape index (κ3) is 2.72. The van der Waals surface area contributed by atoms with Gasteiger partial charge in [0.25, 0.3) is 0 Å². The van der Waals surface area contributed by atoms with Crippen molar-refractivity contribution in [3.8, 4) is 17.2 Å². The SMILES string of the molecule is CCS(=O)(=O)N1CC(CC#N)(n2cc(-c3ccnc4[nH]ccc34)c(C)n2)C1.[HH]. The molecule has 1 N–H and O–H groups in total. The van der Waals surface area contributed by atoms with Gasteiger partial charge in [0.2, 0.25) is 10.0 Å². The normalized spacial score (nSPS) is 16.9. The average molecular weight is 386 g/mol. The van der Waals surface area contributed by atoms with Gasteiger partial charge in [-0.05, 0) is 31.5 Å². The Morgan fingerprint density at radius 2 is 2.15 bits per heavy atom. The molecule has 0 aromatic carbocycles. The minimum absolute atomic E-state index is 0. The van der Waals surface area contributed by atoms with Gasteiger partial charge in [-0.2, -0.15) is 14.7 Å². The highest BCUT2D eigenvalue weighted by Crippen LogP contribution is 2.37. The lowest BCUT2D eigenvalue weighted by Crippen LogP contribution is -2.64. The molecule has 0 unspecified atom stereocenters. The van der Waals surface area contributed by atoms with Crippen molar-refractivity contribution < 1.29 is 9.84 Å². The summed E-state index contributed by atoms with van der Waals surface area (Å²) in [5, 5.41) is 15.0. The molecular weight excluding hydrogens is 364 g/mol. The van der Waals surface area contributed by atoms with Crippen LogP contribution in [0.15, 0.2) is 30.7 Å². The number of fused-ring (bicyclic) bond motifs is 1. The minimum Gasteiger partial charge on any atom is -0.346 e. The summed E-state index contributed by atoms with van der Waals surface area (Å²) in [5.74, 6) is 0.0570. The molecule has 8 nitrogen and oxygen atoms in total. The molecule has 142 valence electrons.